The first-order chi connectivity index (χ1) is 5.77. The fraction of sp³-hybridized carbons (Fsp3) is 0.250. The van der Waals surface area contributed by atoms with Crippen molar-refractivity contribution in [1.82, 2.24) is 5.32 Å². The quantitative estimate of drug-likeness (QED) is 0.527. The van der Waals surface area contributed by atoms with Gasteiger partial charge in [-0.2, -0.15) is 0 Å². The van der Waals surface area contributed by atoms with Gasteiger partial charge in [-0.05, 0) is 12.2 Å². The second kappa shape index (κ2) is 2.71. The van der Waals surface area contributed by atoms with Crippen LogP contribution in [0.15, 0.2) is 29.3 Å². The van der Waals surface area contributed by atoms with Gasteiger partial charge in [0, 0.05) is 0 Å². The Kier molecular flexibility index (Phi) is 1.69. The molecular weight excluding hydrogens is 170 g/mol. The number of hydrogen-bond acceptors (Lipinski definition) is 2. The molecule has 1 aliphatic heterocycles. The van der Waals surface area contributed by atoms with Gasteiger partial charge in [-0.3, -0.25) is 0 Å². The molecule has 2 atom stereocenters. The summed E-state index contributed by atoms with van der Waals surface area (Å²) >= 11 is 4.91. The number of hydrogen-bond donors (Lipinski definition) is 2. The zero-order valence-corrected chi connectivity index (χ0v) is 7.21. The van der Waals surface area contributed by atoms with Crippen LogP contribution in [0.4, 0.5) is 0 Å². The molecule has 1 aliphatic carbocycles. The van der Waals surface area contributed by atoms with E-state index in [9.17, 15) is 0 Å². The van der Waals surface area contributed by atoms with Gasteiger partial charge in [0.1, 0.15) is 5.84 Å². The van der Waals surface area contributed by atoms with Gasteiger partial charge >= 0.3 is 0 Å². The number of amidine groups is 1. The Morgan fingerprint density at radius 2 is 2.17 bits per heavy atom. The molecule has 0 aromatic carbocycles. The number of nitrogens with one attached hydrogen (secondary N) is 1. The van der Waals surface area contributed by atoms with Crippen molar-refractivity contribution in [3.05, 3.63) is 24.3 Å². The van der Waals surface area contributed by atoms with Crippen LogP contribution in [0.3, 0.4) is 0 Å². The molecular formula is C8H9N3S. The smallest absolute Gasteiger partial charge is 0.194 e. The van der Waals surface area contributed by atoms with E-state index in [1.165, 1.54) is 0 Å². The predicted molar refractivity (Wildman–Crippen MR) is 52.9 cm³/mol. The lowest BCUT2D eigenvalue weighted by atomic mass is 9.93. The molecule has 0 bridgehead atoms. The van der Waals surface area contributed by atoms with Crippen molar-refractivity contribution >= 4 is 23.2 Å². The standard InChI is InChI=1S/C8H9N3S/c9-7-5-3-1-2-4-6(5)10-8(12)11-7/h1-6H,(H3,9,10,11,12). The summed E-state index contributed by atoms with van der Waals surface area (Å²) in [6.07, 6.45) is 8.02. The van der Waals surface area contributed by atoms with E-state index in [-0.39, 0.29) is 12.0 Å². The van der Waals surface area contributed by atoms with Gasteiger partial charge in [0.05, 0.1) is 12.0 Å². The fourth-order valence-corrected chi connectivity index (χ4v) is 1.64. The molecule has 2 aliphatic rings. The summed E-state index contributed by atoms with van der Waals surface area (Å²) in [5.41, 5.74) is 5.72. The van der Waals surface area contributed by atoms with Crippen LogP contribution >= 0.6 is 12.2 Å². The van der Waals surface area contributed by atoms with Crippen LogP contribution in [-0.2, 0) is 0 Å². The molecule has 3 nitrogen and oxygen atoms in total. The summed E-state index contributed by atoms with van der Waals surface area (Å²) in [6.45, 7) is 0. The third kappa shape index (κ3) is 1.14. The molecule has 4 heteroatoms. The minimum absolute atomic E-state index is 0.168. The topological polar surface area (TPSA) is 50.4 Å². The summed E-state index contributed by atoms with van der Waals surface area (Å²) in [4.78, 5) is 4.00. The van der Waals surface area contributed by atoms with Crippen molar-refractivity contribution in [3.63, 3.8) is 0 Å². The van der Waals surface area contributed by atoms with Gasteiger partial charge in [0.25, 0.3) is 0 Å². The van der Waals surface area contributed by atoms with E-state index in [4.69, 9.17) is 18.0 Å². The number of thiocarbonyl (C=S) groups is 1. The number of allylic oxidation sites excluding steroid dienone is 2. The molecule has 0 saturated carbocycles. The minimum atomic E-state index is 0.168. The van der Waals surface area contributed by atoms with Crippen LogP contribution in [0.5, 0.6) is 0 Å². The van der Waals surface area contributed by atoms with E-state index < -0.39 is 0 Å². The van der Waals surface area contributed by atoms with E-state index in [0.29, 0.717) is 10.9 Å². The van der Waals surface area contributed by atoms with Crippen molar-refractivity contribution in [1.29, 1.82) is 0 Å². The second-order valence-electron chi connectivity index (χ2n) is 2.81. The Balaban J connectivity index is 2.34. The van der Waals surface area contributed by atoms with Gasteiger partial charge in [-0.25, -0.2) is 4.99 Å². The summed E-state index contributed by atoms with van der Waals surface area (Å²) < 4.78 is 0. The first-order valence-corrected chi connectivity index (χ1v) is 4.18. The second-order valence-corrected chi connectivity index (χ2v) is 3.19. The molecule has 12 heavy (non-hydrogen) atoms. The highest BCUT2D eigenvalue weighted by molar-refractivity contribution is 7.80. The van der Waals surface area contributed by atoms with E-state index >= 15 is 0 Å². The molecule has 3 N–H and O–H groups in total. The number of rotatable bonds is 0. The van der Waals surface area contributed by atoms with Crippen LogP contribution in [0.2, 0.25) is 0 Å². The fourth-order valence-electron chi connectivity index (χ4n) is 1.39. The normalized spacial score (nSPS) is 32.3. The molecule has 0 fully saturated rings. The Hall–Kier alpha value is -1.16. The first kappa shape index (κ1) is 7.49. The molecule has 0 amide bonds. The molecule has 0 saturated heterocycles. The van der Waals surface area contributed by atoms with Crippen molar-refractivity contribution in [2.45, 2.75) is 6.04 Å². The maximum atomic E-state index is 5.72. The Morgan fingerprint density at radius 1 is 1.42 bits per heavy atom. The predicted octanol–water partition coefficient (Wildman–Crippen LogP) is 0.343. The average Bonchev–Trinajstić information content (AvgIpc) is 2.04. The van der Waals surface area contributed by atoms with Gasteiger partial charge in [-0.1, -0.05) is 24.3 Å². The highest BCUT2D eigenvalue weighted by Crippen LogP contribution is 2.16. The van der Waals surface area contributed by atoms with Gasteiger partial charge in [-0.15, -0.1) is 0 Å². The average molecular weight is 179 g/mol. The zero-order chi connectivity index (χ0) is 8.55. The van der Waals surface area contributed by atoms with Crippen LogP contribution in [0.25, 0.3) is 0 Å². The maximum absolute atomic E-state index is 5.72. The van der Waals surface area contributed by atoms with Crippen molar-refractivity contribution < 1.29 is 0 Å². The number of nitrogens with zero attached hydrogens (tertiary/aromatic N) is 1. The SMILES string of the molecule is NC1=NC(=S)NC2C=CC=CC12. The van der Waals surface area contributed by atoms with Crippen molar-refractivity contribution in [3.8, 4) is 0 Å². The minimum Gasteiger partial charge on any atom is -0.386 e. The van der Waals surface area contributed by atoms with E-state index in [1.807, 2.05) is 24.3 Å². The number of aliphatic imine (C=N–C) groups is 1. The molecule has 0 aromatic heterocycles. The summed E-state index contributed by atoms with van der Waals surface area (Å²) in [5, 5.41) is 3.55. The first-order valence-electron chi connectivity index (χ1n) is 3.77. The summed E-state index contributed by atoms with van der Waals surface area (Å²) in [7, 11) is 0. The highest BCUT2D eigenvalue weighted by Gasteiger charge is 2.26. The van der Waals surface area contributed by atoms with E-state index in [0.717, 1.165) is 0 Å². The molecule has 1 heterocycles. The van der Waals surface area contributed by atoms with E-state index in [2.05, 4.69) is 10.3 Å². The highest BCUT2D eigenvalue weighted by atomic mass is 32.1. The van der Waals surface area contributed by atoms with Gasteiger partial charge in [0.2, 0.25) is 0 Å². The van der Waals surface area contributed by atoms with E-state index in [1.54, 1.807) is 0 Å². The van der Waals surface area contributed by atoms with Crippen LogP contribution in [0, 0.1) is 5.92 Å². The Labute approximate surface area is 76.0 Å². The number of nitrogens with two attached hydrogens (primary N) is 1. The molecule has 0 radical (unpaired) electrons. The van der Waals surface area contributed by atoms with Gasteiger partial charge in [0.15, 0.2) is 5.11 Å². The lowest BCUT2D eigenvalue weighted by Gasteiger charge is -2.28. The number of fused-ring (bicyclic) bond motifs is 1. The molecule has 62 valence electrons. The van der Waals surface area contributed by atoms with Crippen molar-refractivity contribution in [2.24, 2.45) is 16.6 Å². The molecule has 0 spiro atoms. The lowest BCUT2D eigenvalue weighted by Crippen LogP contribution is -2.48. The summed E-state index contributed by atoms with van der Waals surface area (Å²) in [5.74, 6) is 0.769. The van der Waals surface area contributed by atoms with Crippen LogP contribution in [0.1, 0.15) is 0 Å². The Morgan fingerprint density at radius 3 is 3.00 bits per heavy atom. The zero-order valence-electron chi connectivity index (χ0n) is 6.40. The molecule has 2 rings (SSSR count). The lowest BCUT2D eigenvalue weighted by molar-refractivity contribution is 0.633. The maximum Gasteiger partial charge on any atom is 0.194 e. The van der Waals surface area contributed by atoms with Crippen molar-refractivity contribution in [2.75, 3.05) is 0 Å². The van der Waals surface area contributed by atoms with Gasteiger partial charge < -0.3 is 11.1 Å². The van der Waals surface area contributed by atoms with Crippen LogP contribution < -0.4 is 11.1 Å². The monoisotopic (exact) mass is 179 g/mol. The molecule has 0 aromatic rings. The molecule has 2 unspecified atom stereocenters. The van der Waals surface area contributed by atoms with Crippen LogP contribution in [-0.4, -0.2) is 17.0 Å². The Bertz CT molecular complexity index is 303. The largest absolute Gasteiger partial charge is 0.386 e. The third-order valence-electron chi connectivity index (χ3n) is 2.00. The summed E-state index contributed by atoms with van der Waals surface area (Å²) in [6, 6.07) is 0.194. The third-order valence-corrected chi connectivity index (χ3v) is 2.21.